The fraction of sp³-hybridized carbons (Fsp3) is 0.316. The molecular weight excluding hydrogens is 322 g/mol. The molecule has 0 bridgehead atoms. The third kappa shape index (κ3) is 4.30. The zero-order valence-electron chi connectivity index (χ0n) is 14.4. The van der Waals surface area contributed by atoms with Crippen LogP contribution in [-0.2, 0) is 14.3 Å². The van der Waals surface area contributed by atoms with Crippen LogP contribution in [0.1, 0.15) is 19.4 Å². The Morgan fingerprint density at radius 2 is 1.88 bits per heavy atom. The molecule has 4 nitrogen and oxygen atoms in total. The number of aliphatic imine (C=N–C) groups is 1. The quantitative estimate of drug-likeness (QED) is 0.577. The largest absolute Gasteiger partial charge is 0.469 e. The van der Waals surface area contributed by atoms with E-state index in [0.29, 0.717) is 0 Å². The van der Waals surface area contributed by atoms with Gasteiger partial charge in [0.25, 0.3) is 0 Å². The smallest absolute Gasteiger partial charge is 0.314 e. The first-order chi connectivity index (χ1) is 11.6. The van der Waals surface area contributed by atoms with Gasteiger partial charge in [-0.1, -0.05) is 60.7 Å². The predicted octanol–water partition coefficient (Wildman–Crippen LogP) is 4.07. The zero-order valence-corrected chi connectivity index (χ0v) is 15.2. The lowest BCUT2D eigenvalue weighted by molar-refractivity contribution is -0.145. The summed E-state index contributed by atoms with van der Waals surface area (Å²) in [5.41, 5.74) is 5.45. The van der Waals surface area contributed by atoms with Crippen LogP contribution in [0.15, 0.2) is 52.0 Å². The molecule has 1 aliphatic rings. The zero-order chi connectivity index (χ0) is 17.5. The Labute approximate surface area is 145 Å². The van der Waals surface area contributed by atoms with Crippen LogP contribution in [-0.4, -0.2) is 31.3 Å². The number of nitrogens with zero attached hydrogens (tertiary/aromatic N) is 1. The number of hydrogen-bond acceptors (Lipinski definition) is 4. The summed E-state index contributed by atoms with van der Waals surface area (Å²) in [7, 11) is 2.60. The van der Waals surface area contributed by atoms with E-state index in [1.807, 2.05) is 61.9 Å². The van der Waals surface area contributed by atoms with Gasteiger partial charge in [0.2, 0.25) is 0 Å². The molecule has 0 saturated carbocycles. The first-order valence-corrected chi connectivity index (χ1v) is 9.11. The van der Waals surface area contributed by atoms with Crippen molar-refractivity contribution >= 4 is 33.6 Å². The maximum Gasteiger partial charge on any atom is 0.314 e. The maximum absolute atomic E-state index is 12.3. The molecular formula is C19H23NO3S. The summed E-state index contributed by atoms with van der Waals surface area (Å²) < 4.78 is 10.2. The van der Waals surface area contributed by atoms with Crippen molar-refractivity contribution in [3.8, 4) is 0 Å². The average Bonchev–Trinajstić information content (AvgIpc) is 2.96. The molecule has 2 unspecified atom stereocenters. The van der Waals surface area contributed by atoms with E-state index in [1.165, 1.54) is 7.11 Å². The number of carbonyl (C=O) groups excluding carboxylic acids is 1. The molecule has 128 valence electrons. The van der Waals surface area contributed by atoms with Crippen molar-refractivity contribution in [2.24, 2.45) is 16.8 Å². The summed E-state index contributed by atoms with van der Waals surface area (Å²) in [5.74, 6) is -0.477. The highest BCUT2D eigenvalue weighted by atomic mass is 32.2. The highest BCUT2D eigenvalue weighted by Crippen LogP contribution is 2.41. The summed E-state index contributed by atoms with van der Waals surface area (Å²) in [6.45, 7) is 4.03. The summed E-state index contributed by atoms with van der Waals surface area (Å²) >= 11 is 0. The number of ether oxygens (including phenoxy) is 2. The van der Waals surface area contributed by atoms with Crippen LogP contribution in [0.3, 0.4) is 0 Å². The van der Waals surface area contributed by atoms with E-state index in [0.717, 1.165) is 16.2 Å². The second kappa shape index (κ2) is 8.76. The van der Waals surface area contributed by atoms with Crippen molar-refractivity contribution in [2.45, 2.75) is 13.8 Å². The van der Waals surface area contributed by atoms with E-state index in [1.54, 1.807) is 12.7 Å². The molecule has 1 aromatic rings. The SMILES string of the molecule is COC=S1C=NC(C=Cc2ccccc2)=C1C(C(=O)OC)C(C)C. The molecule has 5 heteroatoms. The third-order valence-electron chi connectivity index (χ3n) is 3.65. The number of esters is 1. The molecule has 0 fully saturated rings. The predicted molar refractivity (Wildman–Crippen MR) is 102 cm³/mol. The summed E-state index contributed by atoms with van der Waals surface area (Å²) in [6, 6.07) is 10.0. The highest BCUT2D eigenvalue weighted by Gasteiger charge is 2.32. The van der Waals surface area contributed by atoms with Gasteiger partial charge in [0.1, 0.15) is 0 Å². The molecule has 0 amide bonds. The average molecular weight is 345 g/mol. The summed E-state index contributed by atoms with van der Waals surface area (Å²) in [6.07, 6.45) is 3.96. The molecule has 0 saturated heterocycles. The Balaban J connectivity index is 2.47. The molecule has 1 heterocycles. The molecule has 0 N–H and O–H groups in total. The van der Waals surface area contributed by atoms with Crippen LogP contribution in [0.4, 0.5) is 0 Å². The van der Waals surface area contributed by atoms with Crippen molar-refractivity contribution in [3.05, 3.63) is 52.6 Å². The van der Waals surface area contributed by atoms with Crippen LogP contribution in [0.5, 0.6) is 0 Å². The van der Waals surface area contributed by atoms with Gasteiger partial charge >= 0.3 is 5.97 Å². The van der Waals surface area contributed by atoms with E-state index in [-0.39, 0.29) is 17.8 Å². The van der Waals surface area contributed by atoms with Gasteiger partial charge < -0.3 is 9.47 Å². The molecule has 0 radical (unpaired) electrons. The van der Waals surface area contributed by atoms with Gasteiger partial charge in [-0.15, -0.1) is 0 Å². The first kappa shape index (κ1) is 18.4. The third-order valence-corrected chi connectivity index (χ3v) is 5.35. The van der Waals surface area contributed by atoms with Crippen molar-refractivity contribution in [2.75, 3.05) is 14.2 Å². The Morgan fingerprint density at radius 3 is 2.46 bits per heavy atom. The molecule has 2 atom stereocenters. The Morgan fingerprint density at radius 1 is 1.17 bits per heavy atom. The molecule has 0 aromatic heterocycles. The molecule has 2 rings (SSSR count). The Hall–Kier alpha value is -1.98. The molecule has 1 aliphatic heterocycles. The minimum absolute atomic E-state index is 0.106. The van der Waals surface area contributed by atoms with Crippen LogP contribution >= 0.6 is 10.5 Å². The van der Waals surface area contributed by atoms with E-state index in [2.05, 4.69) is 4.99 Å². The lowest BCUT2D eigenvalue weighted by atomic mass is 9.94. The minimum Gasteiger partial charge on any atom is -0.469 e. The fourth-order valence-electron chi connectivity index (χ4n) is 2.51. The maximum atomic E-state index is 12.3. The molecule has 0 spiro atoms. The topological polar surface area (TPSA) is 47.9 Å². The standard InChI is InChI=1S/C19H23NO3S/c1-14(2)17(19(21)23-4)18-16(20-12-24(18)13-22-3)11-10-15-8-6-5-7-9-15/h5-14,17H,1-4H3. The minimum atomic E-state index is -0.437. The van der Waals surface area contributed by atoms with Gasteiger partial charge in [0.05, 0.1) is 29.8 Å². The van der Waals surface area contributed by atoms with Crippen LogP contribution in [0.25, 0.3) is 6.08 Å². The van der Waals surface area contributed by atoms with Crippen molar-refractivity contribution in [1.29, 1.82) is 0 Å². The Kier molecular flexibility index (Phi) is 6.70. The fourth-order valence-corrected chi connectivity index (χ4v) is 4.24. The number of carbonyl (C=O) groups is 1. The lowest BCUT2D eigenvalue weighted by Crippen LogP contribution is -2.23. The van der Waals surface area contributed by atoms with Crippen molar-refractivity contribution < 1.29 is 14.3 Å². The van der Waals surface area contributed by atoms with Crippen LogP contribution in [0, 0.1) is 11.8 Å². The number of benzene rings is 1. The second-order valence-electron chi connectivity index (χ2n) is 5.68. The van der Waals surface area contributed by atoms with Gasteiger partial charge in [-0.25, -0.2) is 4.99 Å². The second-order valence-corrected chi connectivity index (χ2v) is 7.26. The molecule has 24 heavy (non-hydrogen) atoms. The van der Waals surface area contributed by atoms with E-state index in [9.17, 15) is 4.79 Å². The van der Waals surface area contributed by atoms with Crippen molar-refractivity contribution in [3.63, 3.8) is 0 Å². The monoisotopic (exact) mass is 345 g/mol. The van der Waals surface area contributed by atoms with Gasteiger partial charge in [-0.2, -0.15) is 0 Å². The van der Waals surface area contributed by atoms with Gasteiger partial charge in [0.15, 0.2) is 0 Å². The number of methoxy groups -OCH3 is 2. The molecule has 1 aromatic carbocycles. The van der Waals surface area contributed by atoms with E-state index < -0.39 is 10.5 Å². The Bertz CT molecular complexity index is 703. The van der Waals surface area contributed by atoms with E-state index >= 15 is 0 Å². The molecule has 0 aliphatic carbocycles. The van der Waals surface area contributed by atoms with Crippen molar-refractivity contribution in [1.82, 2.24) is 0 Å². The normalized spacial score (nSPS) is 18.8. The number of allylic oxidation sites excluding steroid dienone is 1. The summed E-state index contributed by atoms with van der Waals surface area (Å²) in [5, 5.41) is 0. The van der Waals surface area contributed by atoms with Gasteiger partial charge in [0, 0.05) is 12.0 Å². The lowest BCUT2D eigenvalue weighted by Gasteiger charge is -2.21. The van der Waals surface area contributed by atoms with Crippen LogP contribution < -0.4 is 0 Å². The van der Waals surface area contributed by atoms with Gasteiger partial charge in [-0.3, -0.25) is 4.79 Å². The van der Waals surface area contributed by atoms with E-state index in [4.69, 9.17) is 9.47 Å². The van der Waals surface area contributed by atoms with Gasteiger partial charge in [-0.05, 0) is 17.6 Å². The first-order valence-electron chi connectivity index (χ1n) is 7.75. The number of rotatable bonds is 6. The highest BCUT2D eigenvalue weighted by molar-refractivity contribution is 8.29. The number of hydrogen-bond donors (Lipinski definition) is 0. The summed E-state index contributed by atoms with van der Waals surface area (Å²) in [4.78, 5) is 17.8. The van der Waals surface area contributed by atoms with Crippen LogP contribution in [0.2, 0.25) is 0 Å².